The standard InChI is InChI=1S/C17H29NO10/c1-8(3-4-19)26-17-16(23)14(18-24)10(6-20)12(28-17)7-25-13-5-11(21)15(22)9(2)27-13/h3,9-17,19-23H,4-7H2,1-2H3/b8-3+. The molecule has 0 aromatic carbocycles. The fourth-order valence-corrected chi connectivity index (χ4v) is 3.31. The molecule has 2 fully saturated rings. The summed E-state index contributed by atoms with van der Waals surface area (Å²) in [5.41, 5.74) is 0. The second kappa shape index (κ2) is 10.6. The second-order valence-electron chi connectivity index (χ2n) is 6.99. The molecule has 162 valence electrons. The Morgan fingerprint density at radius 3 is 2.50 bits per heavy atom. The molecule has 2 heterocycles. The van der Waals surface area contributed by atoms with Crippen LogP contribution in [0.4, 0.5) is 0 Å². The highest BCUT2D eigenvalue weighted by molar-refractivity contribution is 4.96. The molecule has 0 aromatic heterocycles. The van der Waals surface area contributed by atoms with Gasteiger partial charge < -0.3 is 44.5 Å². The van der Waals surface area contributed by atoms with Crippen LogP contribution in [-0.2, 0) is 18.9 Å². The van der Waals surface area contributed by atoms with Crippen molar-refractivity contribution < 1.29 is 44.5 Å². The lowest BCUT2D eigenvalue weighted by Gasteiger charge is -2.42. The number of ether oxygens (including phenoxy) is 4. The normalized spacial score (nSPS) is 42.2. The number of rotatable bonds is 8. The van der Waals surface area contributed by atoms with Crippen molar-refractivity contribution in [2.24, 2.45) is 11.1 Å². The third-order valence-electron chi connectivity index (χ3n) is 4.99. The van der Waals surface area contributed by atoms with Crippen LogP contribution in [0.1, 0.15) is 20.3 Å². The molecule has 5 N–H and O–H groups in total. The van der Waals surface area contributed by atoms with E-state index in [4.69, 9.17) is 24.1 Å². The molecule has 9 atom stereocenters. The van der Waals surface area contributed by atoms with Gasteiger partial charge in [-0.25, -0.2) is 0 Å². The average molecular weight is 407 g/mol. The first-order valence-corrected chi connectivity index (χ1v) is 9.16. The van der Waals surface area contributed by atoms with Gasteiger partial charge in [0.05, 0.1) is 43.9 Å². The van der Waals surface area contributed by atoms with Crippen LogP contribution in [0.15, 0.2) is 17.0 Å². The molecule has 0 spiro atoms. The van der Waals surface area contributed by atoms with Gasteiger partial charge in [-0.1, -0.05) is 5.18 Å². The van der Waals surface area contributed by atoms with Crippen LogP contribution in [0.3, 0.4) is 0 Å². The molecule has 11 nitrogen and oxygen atoms in total. The number of aliphatic hydroxyl groups excluding tert-OH is 5. The Bertz CT molecular complexity index is 520. The van der Waals surface area contributed by atoms with E-state index in [0.717, 1.165) is 0 Å². The number of allylic oxidation sites excluding steroid dienone is 1. The lowest BCUT2D eigenvalue weighted by Crippen LogP contribution is -2.57. The van der Waals surface area contributed by atoms with Gasteiger partial charge in [-0.05, 0) is 19.9 Å². The van der Waals surface area contributed by atoms with Crippen molar-refractivity contribution in [3.05, 3.63) is 16.7 Å². The number of hydrogen-bond donors (Lipinski definition) is 5. The summed E-state index contributed by atoms with van der Waals surface area (Å²) in [6.45, 7) is 2.25. The van der Waals surface area contributed by atoms with E-state index in [0.29, 0.717) is 0 Å². The first kappa shape index (κ1) is 23.1. The predicted octanol–water partition coefficient (Wildman–Crippen LogP) is -1.40. The summed E-state index contributed by atoms with van der Waals surface area (Å²) in [6, 6.07) is -1.20. The highest BCUT2D eigenvalue weighted by Gasteiger charge is 2.48. The molecule has 0 aliphatic carbocycles. The van der Waals surface area contributed by atoms with Crippen LogP contribution >= 0.6 is 0 Å². The van der Waals surface area contributed by atoms with E-state index in [1.54, 1.807) is 13.8 Å². The molecule has 28 heavy (non-hydrogen) atoms. The Labute approximate surface area is 162 Å². The number of aliphatic hydroxyl groups is 5. The van der Waals surface area contributed by atoms with E-state index >= 15 is 0 Å². The zero-order valence-electron chi connectivity index (χ0n) is 15.8. The fraction of sp³-hybridized carbons (Fsp3) is 0.882. The van der Waals surface area contributed by atoms with Gasteiger partial charge >= 0.3 is 0 Å². The molecular formula is C17H29NO10. The SMILES string of the molecule is C/C(=C\CO)OC1OC(COC2CC(O)C(O)C(C)O2)C(CO)C(N=O)C1O. The van der Waals surface area contributed by atoms with Crippen molar-refractivity contribution in [2.45, 2.75) is 69.4 Å². The highest BCUT2D eigenvalue weighted by Crippen LogP contribution is 2.31. The zero-order valence-corrected chi connectivity index (χ0v) is 15.8. The molecule has 2 aliphatic rings. The maximum Gasteiger partial charge on any atom is 0.228 e. The maximum atomic E-state index is 11.3. The van der Waals surface area contributed by atoms with Crippen molar-refractivity contribution in [2.75, 3.05) is 19.8 Å². The second-order valence-corrected chi connectivity index (χ2v) is 6.99. The van der Waals surface area contributed by atoms with E-state index in [1.807, 2.05) is 0 Å². The van der Waals surface area contributed by atoms with Crippen LogP contribution in [0.25, 0.3) is 0 Å². The molecule has 2 rings (SSSR count). The summed E-state index contributed by atoms with van der Waals surface area (Å²) in [5.74, 6) is -0.564. The molecule has 0 amide bonds. The number of nitroso groups, excluding NO2 is 1. The summed E-state index contributed by atoms with van der Waals surface area (Å²) in [5, 5.41) is 51.4. The maximum absolute atomic E-state index is 11.3. The molecular weight excluding hydrogens is 378 g/mol. The summed E-state index contributed by atoms with van der Waals surface area (Å²) >= 11 is 0. The lowest BCUT2D eigenvalue weighted by atomic mass is 9.88. The van der Waals surface area contributed by atoms with Crippen LogP contribution < -0.4 is 0 Å². The van der Waals surface area contributed by atoms with E-state index < -0.39 is 61.7 Å². The highest BCUT2D eigenvalue weighted by atomic mass is 16.7. The van der Waals surface area contributed by atoms with Crippen molar-refractivity contribution in [3.8, 4) is 0 Å². The van der Waals surface area contributed by atoms with Gasteiger partial charge in [0.15, 0.2) is 6.29 Å². The molecule has 2 saturated heterocycles. The Balaban J connectivity index is 2.05. The minimum Gasteiger partial charge on any atom is -0.467 e. The molecule has 9 unspecified atom stereocenters. The van der Waals surface area contributed by atoms with E-state index in [9.17, 15) is 25.3 Å². The van der Waals surface area contributed by atoms with Gasteiger partial charge in [0.2, 0.25) is 6.29 Å². The Hall–Kier alpha value is -1.18. The van der Waals surface area contributed by atoms with Gasteiger partial charge in [0.25, 0.3) is 0 Å². The van der Waals surface area contributed by atoms with Crippen LogP contribution in [-0.4, -0.2) is 94.5 Å². The quantitative estimate of drug-likeness (QED) is 0.238. The molecule has 0 radical (unpaired) electrons. The summed E-state index contributed by atoms with van der Waals surface area (Å²) in [4.78, 5) is 11.3. The van der Waals surface area contributed by atoms with E-state index in [1.165, 1.54) is 6.08 Å². The third-order valence-corrected chi connectivity index (χ3v) is 4.99. The lowest BCUT2D eigenvalue weighted by molar-refractivity contribution is -0.286. The van der Waals surface area contributed by atoms with Crippen molar-refractivity contribution >= 4 is 0 Å². The topological polar surface area (TPSA) is 168 Å². The van der Waals surface area contributed by atoms with Crippen molar-refractivity contribution in [3.63, 3.8) is 0 Å². The van der Waals surface area contributed by atoms with E-state index in [-0.39, 0.29) is 25.4 Å². The van der Waals surface area contributed by atoms with Gasteiger partial charge in [0, 0.05) is 12.3 Å². The fourth-order valence-electron chi connectivity index (χ4n) is 3.31. The van der Waals surface area contributed by atoms with Gasteiger partial charge in [0.1, 0.15) is 18.2 Å². The summed E-state index contributed by atoms with van der Waals surface area (Å²) in [6.07, 6.45) is -5.62. The third kappa shape index (κ3) is 5.45. The largest absolute Gasteiger partial charge is 0.467 e. The molecule has 0 saturated carbocycles. The van der Waals surface area contributed by atoms with Crippen LogP contribution in [0.5, 0.6) is 0 Å². The smallest absolute Gasteiger partial charge is 0.228 e. The Morgan fingerprint density at radius 2 is 1.93 bits per heavy atom. The number of nitrogens with zero attached hydrogens (tertiary/aromatic N) is 1. The minimum absolute atomic E-state index is 0.0400. The van der Waals surface area contributed by atoms with Gasteiger partial charge in [-0.15, -0.1) is 0 Å². The first-order chi connectivity index (χ1) is 13.3. The first-order valence-electron chi connectivity index (χ1n) is 9.16. The van der Waals surface area contributed by atoms with Gasteiger partial charge in [-0.3, -0.25) is 0 Å². The molecule has 0 aromatic rings. The van der Waals surface area contributed by atoms with Gasteiger partial charge in [-0.2, -0.15) is 4.91 Å². The van der Waals surface area contributed by atoms with Crippen LogP contribution in [0, 0.1) is 10.8 Å². The predicted molar refractivity (Wildman–Crippen MR) is 93.7 cm³/mol. The minimum atomic E-state index is -1.42. The zero-order chi connectivity index (χ0) is 20.8. The van der Waals surface area contributed by atoms with Crippen LogP contribution in [0.2, 0.25) is 0 Å². The molecule has 0 bridgehead atoms. The van der Waals surface area contributed by atoms with E-state index in [2.05, 4.69) is 5.18 Å². The monoisotopic (exact) mass is 407 g/mol. The van der Waals surface area contributed by atoms with Crippen molar-refractivity contribution in [1.82, 2.24) is 0 Å². The summed E-state index contributed by atoms with van der Waals surface area (Å²) < 4.78 is 22.2. The Morgan fingerprint density at radius 1 is 1.21 bits per heavy atom. The summed E-state index contributed by atoms with van der Waals surface area (Å²) in [7, 11) is 0. The Kier molecular flexibility index (Phi) is 8.71. The van der Waals surface area contributed by atoms with Crippen molar-refractivity contribution in [1.29, 1.82) is 0 Å². The molecule has 11 heteroatoms. The average Bonchev–Trinajstić information content (AvgIpc) is 2.65. The number of hydrogen-bond acceptors (Lipinski definition) is 11. The molecule has 2 aliphatic heterocycles.